The van der Waals surface area contributed by atoms with Gasteiger partial charge in [-0.3, -0.25) is 9.59 Å². The van der Waals surface area contributed by atoms with Crippen LogP contribution in [0.4, 0.5) is 0 Å². The number of hydrogen-bond acceptors (Lipinski definition) is 6. The molecule has 3 rings (SSSR count). The van der Waals surface area contributed by atoms with E-state index >= 15 is 0 Å². The summed E-state index contributed by atoms with van der Waals surface area (Å²) in [6.07, 6.45) is 0.477. The lowest BCUT2D eigenvalue weighted by molar-refractivity contribution is -0.145. The second kappa shape index (κ2) is 8.08. The third-order valence-electron chi connectivity index (χ3n) is 4.01. The third-order valence-corrected chi connectivity index (χ3v) is 6.88. The highest BCUT2D eigenvalue weighted by molar-refractivity contribution is 7.10. The van der Waals surface area contributed by atoms with Crippen molar-refractivity contribution >= 4 is 57.8 Å². The molecule has 0 bridgehead atoms. The van der Waals surface area contributed by atoms with Gasteiger partial charge >= 0.3 is 11.9 Å². The summed E-state index contributed by atoms with van der Waals surface area (Å²) in [5.41, 5.74) is 0. The monoisotopic (exact) mass is 418 g/mol. The van der Waals surface area contributed by atoms with Crippen LogP contribution in [0.5, 0.6) is 0 Å². The van der Waals surface area contributed by atoms with E-state index in [1.54, 1.807) is 0 Å². The van der Waals surface area contributed by atoms with E-state index in [4.69, 9.17) is 32.7 Å². The minimum Gasteiger partial charge on any atom is -0.465 e. The van der Waals surface area contributed by atoms with E-state index in [1.807, 2.05) is 35.0 Å². The molecule has 134 valence electrons. The van der Waals surface area contributed by atoms with Crippen LogP contribution in [0, 0.1) is 11.8 Å². The van der Waals surface area contributed by atoms with Crippen molar-refractivity contribution < 1.29 is 19.1 Å². The second-order valence-electron chi connectivity index (χ2n) is 5.77. The smallest absolute Gasteiger partial charge is 0.311 e. The molecule has 0 aromatic carbocycles. The molecule has 0 radical (unpaired) electrons. The van der Waals surface area contributed by atoms with Gasteiger partial charge in [-0.1, -0.05) is 12.1 Å². The first kappa shape index (κ1) is 18.7. The molecule has 4 nitrogen and oxygen atoms in total. The Morgan fingerprint density at radius 3 is 1.72 bits per heavy atom. The Morgan fingerprint density at radius 2 is 1.36 bits per heavy atom. The van der Waals surface area contributed by atoms with E-state index in [0.29, 0.717) is 0 Å². The summed E-state index contributed by atoms with van der Waals surface area (Å²) < 4.78 is 9.49. The number of halogens is 2. The van der Waals surface area contributed by atoms with Crippen molar-refractivity contribution in [3.05, 3.63) is 44.8 Å². The summed E-state index contributed by atoms with van der Waals surface area (Å²) >= 11 is 15.4. The van der Waals surface area contributed by atoms with E-state index in [1.165, 1.54) is 22.7 Å². The highest BCUT2D eigenvalue weighted by Crippen LogP contribution is 2.59. The van der Waals surface area contributed by atoms with E-state index < -0.39 is 4.33 Å². The molecule has 2 aromatic rings. The Balaban J connectivity index is 1.39. The molecule has 0 spiro atoms. The van der Waals surface area contributed by atoms with Crippen molar-refractivity contribution in [3.8, 4) is 0 Å². The Morgan fingerprint density at radius 1 is 0.920 bits per heavy atom. The maximum atomic E-state index is 11.8. The van der Waals surface area contributed by atoms with Crippen molar-refractivity contribution in [2.24, 2.45) is 11.8 Å². The van der Waals surface area contributed by atoms with Crippen molar-refractivity contribution in [2.45, 2.75) is 17.2 Å². The predicted octanol–water partition coefficient (Wildman–Crippen LogP) is 4.10. The number of alkyl halides is 2. The predicted molar refractivity (Wildman–Crippen MR) is 99.4 cm³/mol. The van der Waals surface area contributed by atoms with Crippen LogP contribution in [-0.2, 0) is 31.9 Å². The van der Waals surface area contributed by atoms with Gasteiger partial charge in [0.15, 0.2) is 0 Å². The molecule has 0 unspecified atom stereocenters. The number of thiophene rings is 2. The largest absolute Gasteiger partial charge is 0.465 e. The van der Waals surface area contributed by atoms with Crippen LogP contribution in [0.15, 0.2) is 35.0 Å². The first-order valence-corrected chi connectivity index (χ1v) is 10.2. The fourth-order valence-corrected chi connectivity index (χ4v) is 4.61. The number of esters is 2. The Bertz CT molecular complexity index is 653. The van der Waals surface area contributed by atoms with Crippen LogP contribution < -0.4 is 0 Å². The lowest BCUT2D eigenvalue weighted by Gasteiger charge is -2.04. The van der Waals surface area contributed by atoms with Gasteiger partial charge < -0.3 is 9.47 Å². The Labute approximate surface area is 163 Å². The Hall–Kier alpha value is -1.08. The van der Waals surface area contributed by atoms with E-state index in [9.17, 15) is 9.59 Å². The summed E-state index contributed by atoms with van der Waals surface area (Å²) in [4.78, 5) is 25.5. The van der Waals surface area contributed by atoms with Crippen LogP contribution in [-0.4, -0.2) is 29.5 Å². The summed E-state index contributed by atoms with van der Waals surface area (Å²) in [6.45, 7) is 0.259. The van der Waals surface area contributed by atoms with Crippen molar-refractivity contribution in [2.75, 3.05) is 13.2 Å². The second-order valence-corrected chi connectivity index (χ2v) is 9.27. The molecule has 2 atom stereocenters. The molecule has 0 saturated heterocycles. The standard InChI is InChI=1S/C17H16Cl2O4S2/c18-17(19)13(9-22-15(20)7-11-3-1-5-24-11)14(17)10-23-16(21)8-12-4-2-6-25-12/h1-6,13-14H,7-10H2/t13-,14-/m0/s1. The van der Waals surface area contributed by atoms with Gasteiger partial charge in [0, 0.05) is 21.6 Å². The van der Waals surface area contributed by atoms with Crippen molar-refractivity contribution in [1.29, 1.82) is 0 Å². The number of hydrogen-bond donors (Lipinski definition) is 0. The molecule has 1 fully saturated rings. The number of rotatable bonds is 8. The SMILES string of the molecule is O=C(Cc1cccs1)OC[C@H]1[C@H](COC(=O)Cc2cccs2)C1(Cl)Cl. The highest BCUT2D eigenvalue weighted by Gasteiger charge is 2.64. The molecule has 25 heavy (non-hydrogen) atoms. The fourth-order valence-electron chi connectivity index (χ4n) is 2.49. The molecular formula is C17H16Cl2O4S2. The maximum absolute atomic E-state index is 11.8. The molecule has 1 saturated carbocycles. The summed E-state index contributed by atoms with van der Waals surface area (Å²) in [5.74, 6) is -1.07. The lowest BCUT2D eigenvalue weighted by Crippen LogP contribution is -2.12. The summed E-state index contributed by atoms with van der Waals surface area (Å²) in [6, 6.07) is 7.53. The van der Waals surface area contributed by atoms with Crippen molar-refractivity contribution in [1.82, 2.24) is 0 Å². The zero-order valence-electron chi connectivity index (χ0n) is 13.2. The third kappa shape index (κ3) is 4.97. The summed E-state index contributed by atoms with van der Waals surface area (Å²) in [7, 11) is 0. The van der Waals surface area contributed by atoms with E-state index in [0.717, 1.165) is 9.75 Å². The quantitative estimate of drug-likeness (QED) is 0.478. The average molecular weight is 419 g/mol. The molecule has 2 heterocycles. The van der Waals surface area contributed by atoms with Crippen LogP contribution in [0.25, 0.3) is 0 Å². The first-order valence-electron chi connectivity index (χ1n) is 7.70. The van der Waals surface area contributed by atoms with Gasteiger partial charge in [0.25, 0.3) is 0 Å². The molecule has 2 aromatic heterocycles. The molecule has 1 aliphatic rings. The summed E-state index contributed by atoms with van der Waals surface area (Å²) in [5, 5.41) is 3.82. The Kier molecular flexibility index (Phi) is 6.04. The van der Waals surface area contributed by atoms with Gasteiger partial charge in [-0.25, -0.2) is 0 Å². The molecule has 0 amide bonds. The maximum Gasteiger partial charge on any atom is 0.311 e. The lowest BCUT2D eigenvalue weighted by atomic mass is 10.3. The van der Waals surface area contributed by atoms with E-state index in [2.05, 4.69) is 0 Å². The minimum absolute atomic E-state index is 0.129. The van der Waals surface area contributed by atoms with Gasteiger partial charge in [-0.15, -0.1) is 45.9 Å². The number of carbonyl (C=O) groups excluding carboxylic acids is 2. The fraction of sp³-hybridized carbons (Fsp3) is 0.412. The highest BCUT2D eigenvalue weighted by atomic mass is 35.5. The number of ether oxygens (including phenoxy) is 2. The van der Waals surface area contributed by atoms with Gasteiger partial charge in [0.05, 0.1) is 26.1 Å². The normalized spacial score (nSPS) is 20.9. The van der Waals surface area contributed by atoms with Crippen LogP contribution in [0.2, 0.25) is 0 Å². The molecule has 0 N–H and O–H groups in total. The van der Waals surface area contributed by atoms with Gasteiger partial charge in [0.1, 0.15) is 4.33 Å². The first-order chi connectivity index (χ1) is 12.0. The van der Waals surface area contributed by atoms with Gasteiger partial charge in [-0.05, 0) is 22.9 Å². The van der Waals surface area contributed by atoms with Crippen LogP contribution in [0.3, 0.4) is 0 Å². The molecule has 1 aliphatic carbocycles. The molecular weight excluding hydrogens is 403 g/mol. The zero-order valence-corrected chi connectivity index (χ0v) is 16.3. The van der Waals surface area contributed by atoms with Crippen molar-refractivity contribution in [3.63, 3.8) is 0 Å². The molecule has 0 aliphatic heterocycles. The van der Waals surface area contributed by atoms with Crippen LogP contribution in [0.1, 0.15) is 9.75 Å². The minimum atomic E-state index is -1.02. The molecule has 8 heteroatoms. The average Bonchev–Trinajstić information content (AvgIpc) is 3.05. The number of carbonyl (C=O) groups is 2. The topological polar surface area (TPSA) is 52.6 Å². The van der Waals surface area contributed by atoms with Crippen LogP contribution >= 0.6 is 45.9 Å². The zero-order chi connectivity index (χ0) is 17.9. The van der Waals surface area contributed by atoms with Gasteiger partial charge in [-0.2, -0.15) is 0 Å². The van der Waals surface area contributed by atoms with Gasteiger partial charge in [0.2, 0.25) is 0 Å². The van der Waals surface area contributed by atoms with E-state index in [-0.39, 0.29) is 49.8 Å².